The van der Waals surface area contributed by atoms with Crippen LogP contribution in [-0.4, -0.2) is 114 Å². The van der Waals surface area contributed by atoms with E-state index in [4.69, 9.17) is 28.4 Å². The van der Waals surface area contributed by atoms with Crippen LogP contribution in [0.2, 0.25) is 0 Å². The topological polar surface area (TPSA) is 174 Å². The molecule has 0 saturated carbocycles. The summed E-state index contributed by atoms with van der Waals surface area (Å²) in [6.45, 7) is 3.28. The van der Waals surface area contributed by atoms with Crippen LogP contribution in [0.5, 0.6) is 23.0 Å². The summed E-state index contributed by atoms with van der Waals surface area (Å²) in [6.07, 6.45) is 1.66. The molecule has 0 unspecified atom stereocenters. The van der Waals surface area contributed by atoms with Crippen molar-refractivity contribution in [3.63, 3.8) is 0 Å². The fraction of sp³-hybridized carbons (Fsp3) is 0.476. The summed E-state index contributed by atoms with van der Waals surface area (Å²) < 4.78 is 98.3. The van der Waals surface area contributed by atoms with E-state index in [-0.39, 0.29) is 122 Å². The normalized spacial score (nSPS) is 24.3. The van der Waals surface area contributed by atoms with Crippen LogP contribution in [-0.2, 0) is 42.6 Å². The maximum absolute atomic E-state index is 14.0. The molecule has 18 heteroatoms. The van der Waals surface area contributed by atoms with E-state index < -0.39 is 20.0 Å². The van der Waals surface area contributed by atoms with Crippen molar-refractivity contribution in [1.82, 2.24) is 17.7 Å². The summed E-state index contributed by atoms with van der Waals surface area (Å²) in [5, 5.41) is 0. The Kier molecular flexibility index (Phi) is 11.5. The molecule has 16 nitrogen and oxygen atoms in total. The summed E-state index contributed by atoms with van der Waals surface area (Å²) in [5.41, 5.74) is 1.61. The van der Waals surface area contributed by atoms with Gasteiger partial charge in [-0.1, -0.05) is 12.1 Å². The first-order valence-corrected chi connectivity index (χ1v) is 23.3. The molecule has 2 fully saturated rings. The first-order valence-electron chi connectivity index (χ1n) is 20.4. The van der Waals surface area contributed by atoms with Gasteiger partial charge in [0.25, 0.3) is 11.1 Å². The maximum Gasteiger partial charge on any atom is 0.250 e. The van der Waals surface area contributed by atoms with E-state index in [1.54, 1.807) is 45.5 Å². The van der Waals surface area contributed by atoms with Gasteiger partial charge in [-0.2, -0.15) is 8.61 Å². The molecular formula is C42H48N4O12S2. The maximum atomic E-state index is 14.0. The number of pyridine rings is 2. The summed E-state index contributed by atoms with van der Waals surface area (Å²) >= 11 is 0. The molecule has 9 rings (SSSR count). The van der Waals surface area contributed by atoms with E-state index in [0.717, 1.165) is 24.2 Å². The summed E-state index contributed by atoms with van der Waals surface area (Å²) in [6, 6.07) is 19.5. The van der Waals surface area contributed by atoms with Crippen molar-refractivity contribution in [2.24, 2.45) is 11.8 Å². The molecule has 0 aliphatic carbocycles. The molecule has 4 bridgehead atoms. The Hall–Kier alpha value is -4.72. The SMILES string of the molecule is O=c1cccc2n1C[C@@H]1C[C@H]2CN(S(=O)(=O)c2ccc3c(c2)OCCOCCOc2ccc(S(=O)(=O)N4C[C@@H]5C[C@@H](C4)c4cccc(=O)n4C5)cc2OCCOCCO3)C1. The molecule has 7 heterocycles. The largest absolute Gasteiger partial charge is 0.487 e. The minimum atomic E-state index is -3.91. The van der Waals surface area contributed by atoms with Crippen LogP contribution in [0.3, 0.4) is 0 Å². The van der Waals surface area contributed by atoms with Gasteiger partial charge in [-0.3, -0.25) is 9.59 Å². The van der Waals surface area contributed by atoms with Crippen molar-refractivity contribution in [2.45, 2.75) is 47.6 Å². The molecule has 2 aromatic heterocycles. The number of nitrogens with zero attached hydrogens (tertiary/aromatic N) is 4. The molecule has 0 N–H and O–H groups in total. The van der Waals surface area contributed by atoms with Crippen molar-refractivity contribution in [1.29, 1.82) is 0 Å². The Morgan fingerprint density at radius 2 is 0.850 bits per heavy atom. The highest BCUT2D eigenvalue weighted by molar-refractivity contribution is 7.89. The second-order valence-corrected chi connectivity index (χ2v) is 19.8. The van der Waals surface area contributed by atoms with Gasteiger partial charge in [0, 0.05) is 86.8 Å². The third-order valence-electron chi connectivity index (χ3n) is 11.9. The van der Waals surface area contributed by atoms with Gasteiger partial charge in [0.15, 0.2) is 23.0 Å². The fourth-order valence-corrected chi connectivity index (χ4v) is 12.4. The average molecular weight is 865 g/mol. The van der Waals surface area contributed by atoms with E-state index in [0.29, 0.717) is 37.7 Å². The van der Waals surface area contributed by atoms with E-state index in [9.17, 15) is 26.4 Å². The van der Waals surface area contributed by atoms with Crippen molar-refractivity contribution in [2.75, 3.05) is 79.0 Å². The Morgan fingerprint density at radius 1 is 0.450 bits per heavy atom. The van der Waals surface area contributed by atoms with Crippen molar-refractivity contribution >= 4 is 20.0 Å². The van der Waals surface area contributed by atoms with Gasteiger partial charge in [-0.15, -0.1) is 0 Å². The fourth-order valence-electron chi connectivity index (χ4n) is 9.20. The van der Waals surface area contributed by atoms with Crippen LogP contribution in [0.15, 0.2) is 92.2 Å². The minimum absolute atomic E-state index is 0.0261. The number of aromatic nitrogens is 2. The van der Waals surface area contributed by atoms with Gasteiger partial charge in [0.2, 0.25) is 20.0 Å². The summed E-state index contributed by atoms with van der Waals surface area (Å²) in [5.74, 6) is 1.10. The molecule has 60 heavy (non-hydrogen) atoms. The highest BCUT2D eigenvalue weighted by atomic mass is 32.2. The van der Waals surface area contributed by atoms with Crippen LogP contribution in [0.25, 0.3) is 0 Å². The van der Waals surface area contributed by atoms with Crippen LogP contribution >= 0.6 is 0 Å². The second-order valence-electron chi connectivity index (χ2n) is 15.9. The molecule has 2 aromatic carbocycles. The zero-order chi connectivity index (χ0) is 41.4. The van der Waals surface area contributed by atoms with Crippen LogP contribution in [0.4, 0.5) is 0 Å². The zero-order valence-corrected chi connectivity index (χ0v) is 34.7. The third-order valence-corrected chi connectivity index (χ3v) is 15.6. The number of hydrogen-bond donors (Lipinski definition) is 0. The van der Waals surface area contributed by atoms with Gasteiger partial charge in [-0.25, -0.2) is 16.8 Å². The molecule has 320 valence electrons. The molecule has 5 aliphatic heterocycles. The minimum Gasteiger partial charge on any atom is -0.487 e. The molecule has 2 saturated heterocycles. The van der Waals surface area contributed by atoms with E-state index in [1.165, 1.54) is 32.9 Å². The number of ether oxygens (including phenoxy) is 6. The number of fused-ring (bicyclic) bond motifs is 10. The standard InChI is InChI=1S/C42H48N4O12S2/c47-41-5-1-3-35-31-19-29(25-45(35)41)23-43(27-31)59(49,50)33-7-9-37-39(21-33)57-17-13-53-12-16-56-38-10-8-34(22-40(38)58-18-14-54-11-15-55-37)60(51,52)44-24-30-20-32(28-44)36-4-2-6-42(48)46(36)26-30/h1-10,21-22,29-32H,11-20,23-28H2/t29-,30+,31-,32-/m0/s1. The van der Waals surface area contributed by atoms with Gasteiger partial charge < -0.3 is 37.6 Å². The van der Waals surface area contributed by atoms with Crippen LogP contribution in [0, 0.1) is 11.8 Å². The molecule has 0 spiro atoms. The number of piperidine rings is 2. The highest BCUT2D eigenvalue weighted by Gasteiger charge is 2.41. The molecule has 0 radical (unpaired) electrons. The van der Waals surface area contributed by atoms with Gasteiger partial charge >= 0.3 is 0 Å². The number of hydrogen-bond acceptors (Lipinski definition) is 12. The van der Waals surface area contributed by atoms with E-state index >= 15 is 0 Å². The lowest BCUT2D eigenvalue weighted by atomic mass is 9.84. The lowest BCUT2D eigenvalue weighted by Gasteiger charge is -2.42. The molecule has 0 amide bonds. The Balaban J connectivity index is 0.844. The number of rotatable bonds is 4. The second kappa shape index (κ2) is 17.0. The molecular weight excluding hydrogens is 817 g/mol. The highest BCUT2D eigenvalue weighted by Crippen LogP contribution is 2.40. The van der Waals surface area contributed by atoms with Crippen LogP contribution < -0.4 is 30.1 Å². The first kappa shape index (κ1) is 40.7. The first-order chi connectivity index (χ1) is 29.0. The van der Waals surface area contributed by atoms with E-state index in [2.05, 4.69) is 0 Å². The van der Waals surface area contributed by atoms with Crippen LogP contribution in [0.1, 0.15) is 36.1 Å². The molecule has 4 aromatic rings. The number of sulfonamides is 2. The predicted molar refractivity (Wildman–Crippen MR) is 217 cm³/mol. The van der Waals surface area contributed by atoms with E-state index in [1.807, 2.05) is 12.1 Å². The van der Waals surface area contributed by atoms with Crippen molar-refractivity contribution in [3.05, 3.63) is 105 Å². The van der Waals surface area contributed by atoms with Crippen molar-refractivity contribution < 1.29 is 45.3 Å². The summed E-state index contributed by atoms with van der Waals surface area (Å²) in [7, 11) is -7.81. The van der Waals surface area contributed by atoms with Crippen molar-refractivity contribution in [3.8, 4) is 23.0 Å². The lowest BCUT2D eigenvalue weighted by molar-refractivity contribution is 0.0639. The smallest absolute Gasteiger partial charge is 0.250 e. The Labute approximate surface area is 348 Å². The Bertz CT molecular complexity index is 2400. The lowest BCUT2D eigenvalue weighted by Crippen LogP contribution is -2.49. The monoisotopic (exact) mass is 864 g/mol. The molecule has 5 aliphatic rings. The molecule has 4 atom stereocenters. The zero-order valence-electron chi connectivity index (χ0n) is 33.1. The van der Waals surface area contributed by atoms with Gasteiger partial charge in [0.1, 0.15) is 26.4 Å². The van der Waals surface area contributed by atoms with Gasteiger partial charge in [0.05, 0.1) is 36.2 Å². The average Bonchev–Trinajstić information content (AvgIpc) is 3.24. The number of benzene rings is 2. The Morgan fingerprint density at radius 3 is 1.27 bits per heavy atom. The van der Waals surface area contributed by atoms with Gasteiger partial charge in [-0.05, 0) is 61.1 Å². The predicted octanol–water partition coefficient (Wildman–Crippen LogP) is 2.89. The third kappa shape index (κ3) is 8.20. The summed E-state index contributed by atoms with van der Waals surface area (Å²) in [4.78, 5) is 25.2. The quantitative estimate of drug-likeness (QED) is 0.294.